The van der Waals surface area contributed by atoms with Crippen LogP contribution in [0.1, 0.15) is 24.1 Å². The first-order chi connectivity index (χ1) is 12.8. The Bertz CT molecular complexity index is 823. The van der Waals surface area contributed by atoms with E-state index in [4.69, 9.17) is 0 Å². The van der Waals surface area contributed by atoms with Gasteiger partial charge in [-0.2, -0.15) is 5.10 Å². The van der Waals surface area contributed by atoms with Crippen LogP contribution in [0.3, 0.4) is 0 Å². The van der Waals surface area contributed by atoms with Crippen LogP contribution in [0.5, 0.6) is 0 Å². The van der Waals surface area contributed by atoms with Crippen molar-refractivity contribution in [3.05, 3.63) is 78.1 Å². The smallest absolute Gasteiger partial charge is 0.0645 e. The molecule has 2 heterocycles. The van der Waals surface area contributed by atoms with Crippen LogP contribution in [0.4, 0.5) is 5.69 Å². The summed E-state index contributed by atoms with van der Waals surface area (Å²) in [5.74, 6) is 0. The number of piperidine rings is 1. The van der Waals surface area contributed by atoms with Crippen LogP contribution in [0, 0.1) is 6.92 Å². The van der Waals surface area contributed by atoms with E-state index in [9.17, 15) is 0 Å². The summed E-state index contributed by atoms with van der Waals surface area (Å²) in [5.41, 5.74) is 4.79. The number of aryl methyl sites for hydroxylation is 1. The maximum absolute atomic E-state index is 4.46. The summed E-state index contributed by atoms with van der Waals surface area (Å²) in [6.45, 7) is 5.15. The van der Waals surface area contributed by atoms with Crippen molar-refractivity contribution in [2.24, 2.45) is 0 Å². The van der Waals surface area contributed by atoms with Crippen molar-refractivity contribution in [2.45, 2.75) is 32.4 Å². The molecule has 3 aromatic rings. The third kappa shape index (κ3) is 3.97. The van der Waals surface area contributed by atoms with Gasteiger partial charge in [0.15, 0.2) is 0 Å². The summed E-state index contributed by atoms with van der Waals surface area (Å²) in [6.07, 6.45) is 4.49. The van der Waals surface area contributed by atoms with E-state index in [1.54, 1.807) is 0 Å². The minimum atomic E-state index is 0.539. The highest BCUT2D eigenvalue weighted by Gasteiger charge is 2.19. The predicted molar refractivity (Wildman–Crippen MR) is 107 cm³/mol. The van der Waals surface area contributed by atoms with E-state index in [0.29, 0.717) is 6.04 Å². The first-order valence-corrected chi connectivity index (χ1v) is 9.43. The van der Waals surface area contributed by atoms with Gasteiger partial charge in [-0.05, 0) is 55.7 Å². The number of rotatable bonds is 5. The first kappa shape index (κ1) is 16.9. The van der Waals surface area contributed by atoms with Gasteiger partial charge in [-0.15, -0.1) is 0 Å². The van der Waals surface area contributed by atoms with Crippen LogP contribution >= 0.6 is 0 Å². The third-order valence-corrected chi connectivity index (χ3v) is 5.06. The molecule has 1 unspecified atom stereocenters. The lowest BCUT2D eigenvalue weighted by molar-refractivity contribution is 0.421. The number of nitrogens with one attached hydrogen (secondary N) is 1. The molecule has 1 aliphatic rings. The van der Waals surface area contributed by atoms with Crippen LogP contribution in [0.25, 0.3) is 5.69 Å². The van der Waals surface area contributed by atoms with Gasteiger partial charge in [-0.25, -0.2) is 4.68 Å². The van der Waals surface area contributed by atoms with E-state index < -0.39 is 0 Å². The number of hydrogen-bond acceptors (Lipinski definition) is 3. The van der Waals surface area contributed by atoms with Crippen LogP contribution in [0.2, 0.25) is 0 Å². The van der Waals surface area contributed by atoms with Gasteiger partial charge in [0.25, 0.3) is 0 Å². The van der Waals surface area contributed by atoms with E-state index in [1.807, 2.05) is 23.9 Å². The van der Waals surface area contributed by atoms with Crippen molar-refractivity contribution in [3.63, 3.8) is 0 Å². The second-order valence-corrected chi connectivity index (χ2v) is 7.07. The number of nitrogens with zero attached hydrogens (tertiary/aromatic N) is 3. The number of aromatic nitrogens is 2. The van der Waals surface area contributed by atoms with Gasteiger partial charge < -0.3 is 10.2 Å². The summed E-state index contributed by atoms with van der Waals surface area (Å²) in [6, 6.07) is 22.0. The number of hydrogen-bond donors (Lipinski definition) is 1. The van der Waals surface area contributed by atoms with Crippen molar-refractivity contribution < 1.29 is 0 Å². The molecule has 0 saturated carbocycles. The molecular formula is C22H26N4. The van der Waals surface area contributed by atoms with Gasteiger partial charge >= 0.3 is 0 Å². The van der Waals surface area contributed by atoms with Crippen molar-refractivity contribution in [1.82, 2.24) is 15.1 Å². The topological polar surface area (TPSA) is 33.1 Å². The number of anilines is 1. The quantitative estimate of drug-likeness (QED) is 0.760. The van der Waals surface area contributed by atoms with Gasteiger partial charge in [-0.1, -0.05) is 30.3 Å². The standard InChI is InChI=1S/C22H26N4/c1-18-13-15-26(24-18)22-11-9-19(10-12-22)16-23-20-6-5-14-25(17-20)21-7-3-2-4-8-21/h2-4,7-13,15,20,23H,5-6,14,16-17H2,1H3. The van der Waals surface area contributed by atoms with Crippen LogP contribution in [0.15, 0.2) is 66.9 Å². The normalized spacial score (nSPS) is 17.4. The summed E-state index contributed by atoms with van der Waals surface area (Å²) >= 11 is 0. The fourth-order valence-electron chi connectivity index (χ4n) is 3.60. The first-order valence-electron chi connectivity index (χ1n) is 9.43. The molecule has 1 aliphatic heterocycles. The number of benzene rings is 2. The Labute approximate surface area is 155 Å². The van der Waals surface area contributed by atoms with Gasteiger partial charge in [-0.3, -0.25) is 0 Å². The summed E-state index contributed by atoms with van der Waals surface area (Å²) in [5, 5.41) is 8.20. The number of para-hydroxylation sites is 1. The Kier molecular flexibility index (Phi) is 5.02. The maximum atomic E-state index is 4.46. The molecule has 0 radical (unpaired) electrons. The van der Waals surface area contributed by atoms with Crippen LogP contribution in [-0.2, 0) is 6.54 Å². The highest BCUT2D eigenvalue weighted by atomic mass is 15.3. The van der Waals surface area contributed by atoms with Crippen LogP contribution in [-0.4, -0.2) is 28.9 Å². The average molecular weight is 346 g/mol. The molecule has 1 atom stereocenters. The zero-order valence-electron chi connectivity index (χ0n) is 15.3. The molecule has 2 aromatic carbocycles. The van der Waals surface area contributed by atoms with Gasteiger partial charge in [0.1, 0.15) is 0 Å². The van der Waals surface area contributed by atoms with Crippen LogP contribution < -0.4 is 10.2 Å². The average Bonchev–Trinajstić information content (AvgIpc) is 3.14. The van der Waals surface area contributed by atoms with Gasteiger partial charge in [0, 0.05) is 37.6 Å². The molecule has 0 amide bonds. The summed E-state index contributed by atoms with van der Waals surface area (Å²) < 4.78 is 1.92. The maximum Gasteiger partial charge on any atom is 0.0645 e. The molecule has 26 heavy (non-hydrogen) atoms. The van der Waals surface area contributed by atoms with E-state index in [-0.39, 0.29) is 0 Å². The Morgan fingerprint density at radius 2 is 1.81 bits per heavy atom. The highest BCUT2D eigenvalue weighted by molar-refractivity contribution is 5.46. The molecule has 4 rings (SSSR count). The largest absolute Gasteiger partial charge is 0.370 e. The predicted octanol–water partition coefficient (Wildman–Crippen LogP) is 3.94. The Hall–Kier alpha value is -2.59. The fraction of sp³-hybridized carbons (Fsp3) is 0.318. The Balaban J connectivity index is 1.33. The zero-order chi connectivity index (χ0) is 17.8. The second kappa shape index (κ2) is 7.75. The SMILES string of the molecule is Cc1ccn(-c2ccc(CNC3CCCN(c4ccccc4)C3)cc2)n1. The lowest BCUT2D eigenvalue weighted by Crippen LogP contribution is -2.45. The van der Waals surface area contributed by atoms with Crippen molar-refractivity contribution in [1.29, 1.82) is 0 Å². The van der Waals surface area contributed by atoms with Crippen molar-refractivity contribution >= 4 is 5.69 Å². The Morgan fingerprint density at radius 1 is 1.00 bits per heavy atom. The lowest BCUT2D eigenvalue weighted by Gasteiger charge is -2.35. The molecule has 134 valence electrons. The Morgan fingerprint density at radius 3 is 2.54 bits per heavy atom. The van der Waals surface area contributed by atoms with Gasteiger partial charge in [0.05, 0.1) is 11.4 Å². The molecule has 4 heteroatoms. The van der Waals surface area contributed by atoms with E-state index in [0.717, 1.165) is 31.0 Å². The molecular weight excluding hydrogens is 320 g/mol. The molecule has 1 fully saturated rings. The summed E-state index contributed by atoms with van der Waals surface area (Å²) in [7, 11) is 0. The third-order valence-electron chi connectivity index (χ3n) is 5.06. The highest BCUT2D eigenvalue weighted by Crippen LogP contribution is 2.19. The van der Waals surface area contributed by atoms with E-state index >= 15 is 0 Å². The second-order valence-electron chi connectivity index (χ2n) is 7.07. The molecule has 1 saturated heterocycles. The van der Waals surface area contributed by atoms with E-state index in [1.165, 1.54) is 24.1 Å². The molecule has 4 nitrogen and oxygen atoms in total. The summed E-state index contributed by atoms with van der Waals surface area (Å²) in [4.78, 5) is 2.49. The fourth-order valence-corrected chi connectivity index (χ4v) is 3.60. The minimum absolute atomic E-state index is 0.539. The van der Waals surface area contributed by atoms with Crippen molar-refractivity contribution in [2.75, 3.05) is 18.0 Å². The molecule has 1 N–H and O–H groups in total. The molecule has 1 aromatic heterocycles. The molecule has 0 bridgehead atoms. The monoisotopic (exact) mass is 346 g/mol. The van der Waals surface area contributed by atoms with Crippen molar-refractivity contribution in [3.8, 4) is 5.69 Å². The van der Waals surface area contributed by atoms with E-state index in [2.05, 4.69) is 69.9 Å². The molecule has 0 aliphatic carbocycles. The molecule has 0 spiro atoms. The zero-order valence-corrected chi connectivity index (χ0v) is 15.3. The van der Waals surface area contributed by atoms with Gasteiger partial charge in [0.2, 0.25) is 0 Å². The lowest BCUT2D eigenvalue weighted by atomic mass is 10.0. The minimum Gasteiger partial charge on any atom is -0.370 e.